The third kappa shape index (κ3) is 4.99. The predicted octanol–water partition coefficient (Wildman–Crippen LogP) is 0.316. The molecule has 1 unspecified atom stereocenters. The molecule has 5 nitrogen and oxygen atoms in total. The molecule has 1 saturated heterocycles. The average molecular weight is 240 g/mol. The quantitative estimate of drug-likeness (QED) is 0.680. The summed E-state index contributed by atoms with van der Waals surface area (Å²) in [6.07, 6.45) is 3.67. The zero-order valence-electron chi connectivity index (χ0n) is 10.3. The van der Waals surface area contributed by atoms with Crippen molar-refractivity contribution in [3.63, 3.8) is 0 Å². The van der Waals surface area contributed by atoms with Crippen molar-refractivity contribution in [3.05, 3.63) is 12.7 Å². The minimum absolute atomic E-state index is 0.0751. The van der Waals surface area contributed by atoms with E-state index < -0.39 is 0 Å². The van der Waals surface area contributed by atoms with Crippen LogP contribution in [-0.2, 0) is 14.3 Å². The molecule has 0 saturated carbocycles. The van der Waals surface area contributed by atoms with E-state index in [-0.39, 0.29) is 24.5 Å². The summed E-state index contributed by atoms with van der Waals surface area (Å²) in [5, 5.41) is 2.65. The Labute approximate surface area is 102 Å². The maximum absolute atomic E-state index is 11.5. The summed E-state index contributed by atoms with van der Waals surface area (Å²) in [5.41, 5.74) is 0. The van der Waals surface area contributed by atoms with Crippen molar-refractivity contribution in [3.8, 4) is 0 Å². The molecule has 1 aliphatic heterocycles. The normalized spacial score (nSPS) is 18.8. The van der Waals surface area contributed by atoms with Crippen molar-refractivity contribution < 1.29 is 14.3 Å². The van der Waals surface area contributed by atoms with Crippen molar-refractivity contribution in [2.75, 3.05) is 26.2 Å². The molecule has 1 fully saturated rings. The van der Waals surface area contributed by atoms with Crippen LogP contribution in [0.2, 0.25) is 0 Å². The lowest BCUT2D eigenvalue weighted by molar-refractivity contribution is -0.135. The number of hydrogen-bond acceptors (Lipinski definition) is 3. The molecule has 0 spiro atoms. The van der Waals surface area contributed by atoms with E-state index in [1.165, 1.54) is 11.8 Å². The maximum atomic E-state index is 11.5. The molecule has 1 atom stereocenters. The Morgan fingerprint density at radius 2 is 2.35 bits per heavy atom. The first kappa shape index (κ1) is 13.7. The third-order valence-corrected chi connectivity index (χ3v) is 2.67. The topological polar surface area (TPSA) is 58.6 Å². The van der Waals surface area contributed by atoms with Gasteiger partial charge in [-0.15, -0.1) is 6.58 Å². The van der Waals surface area contributed by atoms with Gasteiger partial charge >= 0.3 is 0 Å². The molecule has 0 bridgehead atoms. The molecule has 1 heterocycles. The zero-order chi connectivity index (χ0) is 12.7. The van der Waals surface area contributed by atoms with Gasteiger partial charge in [-0.2, -0.15) is 0 Å². The summed E-state index contributed by atoms with van der Waals surface area (Å²) in [5.74, 6) is -0.271. The summed E-state index contributed by atoms with van der Waals surface area (Å²) in [4.78, 5) is 24.4. The number of amides is 2. The molecule has 1 N–H and O–H groups in total. The molecule has 96 valence electrons. The molecule has 5 heteroatoms. The number of carbonyl (C=O) groups excluding carboxylic acids is 2. The number of carbonyl (C=O) groups is 2. The fraction of sp³-hybridized carbons (Fsp3) is 0.667. The first-order chi connectivity index (χ1) is 8.13. The Bertz CT molecular complexity index is 285. The van der Waals surface area contributed by atoms with E-state index in [0.29, 0.717) is 13.1 Å². The highest BCUT2D eigenvalue weighted by Crippen LogP contribution is 2.13. The van der Waals surface area contributed by atoms with Crippen LogP contribution in [0.1, 0.15) is 19.8 Å². The molecule has 0 radical (unpaired) electrons. The lowest BCUT2D eigenvalue weighted by Gasteiger charge is -2.23. The van der Waals surface area contributed by atoms with Crippen molar-refractivity contribution in [1.29, 1.82) is 0 Å². The summed E-state index contributed by atoms with van der Waals surface area (Å²) in [6, 6.07) is 0. The van der Waals surface area contributed by atoms with E-state index in [0.717, 1.165) is 19.4 Å². The van der Waals surface area contributed by atoms with Crippen molar-refractivity contribution in [2.45, 2.75) is 25.9 Å². The lowest BCUT2D eigenvalue weighted by Crippen LogP contribution is -2.43. The van der Waals surface area contributed by atoms with Gasteiger partial charge < -0.3 is 15.0 Å². The van der Waals surface area contributed by atoms with Crippen LogP contribution in [-0.4, -0.2) is 49.1 Å². The number of hydrogen-bond donors (Lipinski definition) is 1. The Balaban J connectivity index is 2.39. The summed E-state index contributed by atoms with van der Waals surface area (Å²) in [7, 11) is 0. The largest absolute Gasteiger partial charge is 0.376 e. The van der Waals surface area contributed by atoms with Gasteiger partial charge in [0.2, 0.25) is 11.8 Å². The number of nitrogens with one attached hydrogen (secondary N) is 1. The zero-order valence-corrected chi connectivity index (χ0v) is 10.3. The summed E-state index contributed by atoms with van der Waals surface area (Å²) >= 11 is 0. The van der Waals surface area contributed by atoms with Gasteiger partial charge in [0.25, 0.3) is 0 Å². The van der Waals surface area contributed by atoms with Crippen molar-refractivity contribution in [2.24, 2.45) is 0 Å². The van der Waals surface area contributed by atoms with Crippen LogP contribution in [0.15, 0.2) is 12.7 Å². The van der Waals surface area contributed by atoms with Crippen LogP contribution < -0.4 is 5.32 Å². The number of ether oxygens (including phenoxy) is 1. The molecule has 1 rings (SSSR count). The molecule has 0 aromatic heterocycles. The number of rotatable bonds is 6. The van der Waals surface area contributed by atoms with Gasteiger partial charge in [0.15, 0.2) is 0 Å². The van der Waals surface area contributed by atoms with E-state index in [1.54, 1.807) is 6.08 Å². The van der Waals surface area contributed by atoms with E-state index in [4.69, 9.17) is 4.74 Å². The minimum Gasteiger partial charge on any atom is -0.376 e. The molecular formula is C12H20N2O3. The summed E-state index contributed by atoms with van der Waals surface area (Å²) < 4.78 is 5.45. The Hall–Kier alpha value is -1.36. The Morgan fingerprint density at radius 1 is 1.59 bits per heavy atom. The smallest absolute Gasteiger partial charge is 0.239 e. The van der Waals surface area contributed by atoms with Gasteiger partial charge in [-0.05, 0) is 12.8 Å². The van der Waals surface area contributed by atoms with Crippen LogP contribution in [0.5, 0.6) is 0 Å². The highest BCUT2D eigenvalue weighted by Gasteiger charge is 2.22. The first-order valence-electron chi connectivity index (χ1n) is 5.88. The first-order valence-corrected chi connectivity index (χ1v) is 5.88. The highest BCUT2D eigenvalue weighted by molar-refractivity contribution is 5.83. The fourth-order valence-corrected chi connectivity index (χ4v) is 1.75. The molecule has 0 aliphatic carbocycles. The molecule has 0 aromatic rings. The monoisotopic (exact) mass is 240 g/mol. The van der Waals surface area contributed by atoms with Crippen LogP contribution in [0.25, 0.3) is 0 Å². The van der Waals surface area contributed by atoms with Crippen LogP contribution in [0.3, 0.4) is 0 Å². The fourth-order valence-electron chi connectivity index (χ4n) is 1.75. The van der Waals surface area contributed by atoms with E-state index in [9.17, 15) is 9.59 Å². The summed E-state index contributed by atoms with van der Waals surface area (Å²) in [6.45, 7) is 6.74. The maximum Gasteiger partial charge on any atom is 0.239 e. The molecule has 2 amide bonds. The Kier molecular flexibility index (Phi) is 5.69. The molecule has 17 heavy (non-hydrogen) atoms. The minimum atomic E-state index is -0.168. The van der Waals surface area contributed by atoms with E-state index in [2.05, 4.69) is 11.9 Å². The molecule has 0 aromatic carbocycles. The standard InChI is InChI=1S/C12H20N2O3/c1-3-6-13-12(16)9-14(10(2)15)8-11-5-4-7-17-11/h3,11H,1,4-9H2,2H3,(H,13,16). The second-order valence-corrected chi connectivity index (χ2v) is 4.13. The van der Waals surface area contributed by atoms with E-state index >= 15 is 0 Å². The van der Waals surface area contributed by atoms with Crippen LogP contribution in [0.4, 0.5) is 0 Å². The van der Waals surface area contributed by atoms with Gasteiger partial charge in [0.05, 0.1) is 12.6 Å². The van der Waals surface area contributed by atoms with Gasteiger partial charge in [-0.25, -0.2) is 0 Å². The molecular weight excluding hydrogens is 220 g/mol. The van der Waals surface area contributed by atoms with Gasteiger partial charge in [-0.1, -0.05) is 6.08 Å². The molecule has 1 aliphatic rings. The SMILES string of the molecule is C=CCNC(=O)CN(CC1CCCO1)C(C)=O. The van der Waals surface area contributed by atoms with Crippen LogP contribution >= 0.6 is 0 Å². The third-order valence-electron chi connectivity index (χ3n) is 2.67. The predicted molar refractivity (Wildman–Crippen MR) is 64.4 cm³/mol. The Morgan fingerprint density at radius 3 is 2.88 bits per heavy atom. The lowest BCUT2D eigenvalue weighted by atomic mass is 10.2. The average Bonchev–Trinajstić information content (AvgIpc) is 2.78. The number of nitrogens with zero attached hydrogens (tertiary/aromatic N) is 1. The second-order valence-electron chi connectivity index (χ2n) is 4.13. The van der Waals surface area contributed by atoms with E-state index in [1.807, 2.05) is 0 Å². The van der Waals surface area contributed by atoms with Gasteiger partial charge in [0.1, 0.15) is 0 Å². The highest BCUT2D eigenvalue weighted by atomic mass is 16.5. The van der Waals surface area contributed by atoms with Crippen molar-refractivity contribution >= 4 is 11.8 Å². The second kappa shape index (κ2) is 7.06. The van der Waals surface area contributed by atoms with Gasteiger partial charge in [-0.3, -0.25) is 9.59 Å². The van der Waals surface area contributed by atoms with Crippen LogP contribution in [0, 0.1) is 0 Å². The van der Waals surface area contributed by atoms with Gasteiger partial charge in [0, 0.05) is 26.6 Å². The van der Waals surface area contributed by atoms with Crippen molar-refractivity contribution in [1.82, 2.24) is 10.2 Å².